The summed E-state index contributed by atoms with van der Waals surface area (Å²) in [5.41, 5.74) is 0.773. The summed E-state index contributed by atoms with van der Waals surface area (Å²) in [6.45, 7) is 5.21. The standard InChI is InChI=1S/C27H29N3O6S/c1-27(2,3)30-37(35,36)22-15-13-21(14-16-22)28-25(32)23(17-18-7-5-4-6-8-18)29-24(31)19-9-11-20(12-10-19)26(33)34/h4-16,23,30H,17H2,1-3H3,(H,28,32)(H,29,31)(H,33,34)/t23-/m0/s1. The number of carboxylic acids is 1. The van der Waals surface area contributed by atoms with Crippen LogP contribution in [-0.2, 0) is 21.2 Å². The molecule has 0 unspecified atom stereocenters. The lowest BCUT2D eigenvalue weighted by Crippen LogP contribution is -2.45. The lowest BCUT2D eigenvalue weighted by atomic mass is 10.0. The van der Waals surface area contributed by atoms with Gasteiger partial charge in [0.1, 0.15) is 6.04 Å². The Balaban J connectivity index is 1.77. The summed E-state index contributed by atoms with van der Waals surface area (Å²) in [7, 11) is -3.73. The fourth-order valence-electron chi connectivity index (χ4n) is 3.47. The highest BCUT2D eigenvalue weighted by Gasteiger charge is 2.24. The quantitative estimate of drug-likeness (QED) is 0.339. The van der Waals surface area contributed by atoms with E-state index >= 15 is 0 Å². The Kier molecular flexibility index (Phi) is 8.46. The Morgan fingerprint density at radius 2 is 1.41 bits per heavy atom. The van der Waals surface area contributed by atoms with Crippen LogP contribution in [0, 0.1) is 0 Å². The molecule has 37 heavy (non-hydrogen) atoms. The third-order valence-corrected chi connectivity index (χ3v) is 6.95. The van der Waals surface area contributed by atoms with Crippen molar-refractivity contribution in [2.24, 2.45) is 0 Å². The number of amides is 2. The fourth-order valence-corrected chi connectivity index (χ4v) is 4.89. The van der Waals surface area contributed by atoms with E-state index in [2.05, 4.69) is 15.4 Å². The van der Waals surface area contributed by atoms with Crippen LogP contribution in [0.5, 0.6) is 0 Å². The molecule has 0 fully saturated rings. The highest BCUT2D eigenvalue weighted by Crippen LogP contribution is 2.17. The lowest BCUT2D eigenvalue weighted by Gasteiger charge is -2.21. The van der Waals surface area contributed by atoms with Gasteiger partial charge in [0.05, 0.1) is 10.5 Å². The van der Waals surface area contributed by atoms with Crippen LogP contribution in [0.1, 0.15) is 47.1 Å². The van der Waals surface area contributed by atoms with Crippen LogP contribution in [0.2, 0.25) is 0 Å². The molecule has 2 amide bonds. The number of carbonyl (C=O) groups excluding carboxylic acids is 2. The van der Waals surface area contributed by atoms with E-state index in [1.165, 1.54) is 48.5 Å². The summed E-state index contributed by atoms with van der Waals surface area (Å²) in [6.07, 6.45) is 0.202. The third-order valence-electron chi connectivity index (χ3n) is 5.17. The molecule has 0 spiro atoms. The molecule has 0 aliphatic carbocycles. The van der Waals surface area contributed by atoms with Gasteiger partial charge in [-0.2, -0.15) is 0 Å². The first-order chi connectivity index (χ1) is 17.3. The molecule has 0 aliphatic rings. The summed E-state index contributed by atoms with van der Waals surface area (Å²) >= 11 is 0. The predicted molar refractivity (Wildman–Crippen MR) is 140 cm³/mol. The molecule has 0 bridgehead atoms. The van der Waals surface area contributed by atoms with E-state index in [1.54, 1.807) is 20.8 Å². The zero-order valence-electron chi connectivity index (χ0n) is 20.7. The van der Waals surface area contributed by atoms with Gasteiger partial charge in [-0.3, -0.25) is 9.59 Å². The van der Waals surface area contributed by atoms with Crippen LogP contribution in [0.3, 0.4) is 0 Å². The minimum Gasteiger partial charge on any atom is -0.478 e. The van der Waals surface area contributed by atoms with E-state index < -0.39 is 39.4 Å². The second-order valence-corrected chi connectivity index (χ2v) is 11.1. The first-order valence-electron chi connectivity index (χ1n) is 11.5. The van der Waals surface area contributed by atoms with E-state index in [1.807, 2.05) is 30.3 Å². The second-order valence-electron chi connectivity index (χ2n) is 9.47. The van der Waals surface area contributed by atoms with Crippen LogP contribution in [0.4, 0.5) is 5.69 Å². The van der Waals surface area contributed by atoms with Gasteiger partial charge >= 0.3 is 5.97 Å². The van der Waals surface area contributed by atoms with Crippen molar-refractivity contribution in [2.75, 3.05) is 5.32 Å². The third kappa shape index (κ3) is 7.99. The topological polar surface area (TPSA) is 142 Å². The predicted octanol–water partition coefficient (Wildman–Crippen LogP) is 3.44. The van der Waals surface area contributed by atoms with Gasteiger partial charge in [-0.1, -0.05) is 30.3 Å². The molecule has 0 saturated carbocycles. The van der Waals surface area contributed by atoms with Gasteiger partial charge in [-0.05, 0) is 74.9 Å². The molecular formula is C27H29N3O6S. The number of aromatic carboxylic acids is 1. The molecular weight excluding hydrogens is 494 g/mol. The van der Waals surface area contributed by atoms with Gasteiger partial charge < -0.3 is 15.7 Å². The summed E-state index contributed by atoms with van der Waals surface area (Å²) in [5, 5.41) is 14.5. The molecule has 3 aromatic carbocycles. The first-order valence-corrected chi connectivity index (χ1v) is 13.0. The number of rotatable bonds is 9. The van der Waals surface area contributed by atoms with Crippen molar-refractivity contribution in [1.29, 1.82) is 0 Å². The maximum Gasteiger partial charge on any atom is 0.335 e. The molecule has 0 radical (unpaired) electrons. The van der Waals surface area contributed by atoms with Crippen molar-refractivity contribution in [3.8, 4) is 0 Å². The SMILES string of the molecule is CC(C)(C)NS(=O)(=O)c1ccc(NC(=O)[C@H](Cc2ccccc2)NC(=O)c2ccc(C(=O)O)cc2)cc1. The first kappa shape index (κ1) is 27.6. The van der Waals surface area contributed by atoms with Crippen LogP contribution >= 0.6 is 0 Å². The van der Waals surface area contributed by atoms with Gasteiger partial charge in [0, 0.05) is 23.2 Å². The number of nitrogens with one attached hydrogen (secondary N) is 3. The zero-order valence-corrected chi connectivity index (χ0v) is 21.5. The second kappa shape index (κ2) is 11.4. The number of sulfonamides is 1. The molecule has 4 N–H and O–H groups in total. The molecule has 0 aliphatic heterocycles. The fraction of sp³-hybridized carbons (Fsp3) is 0.222. The van der Waals surface area contributed by atoms with Gasteiger partial charge in [-0.15, -0.1) is 0 Å². The van der Waals surface area contributed by atoms with E-state index in [9.17, 15) is 22.8 Å². The average molecular weight is 524 g/mol. The smallest absolute Gasteiger partial charge is 0.335 e. The number of hydrogen-bond acceptors (Lipinski definition) is 5. The Bertz CT molecular complexity index is 1360. The molecule has 3 aromatic rings. The zero-order chi connectivity index (χ0) is 27.2. The van der Waals surface area contributed by atoms with Gasteiger partial charge in [0.2, 0.25) is 15.9 Å². The van der Waals surface area contributed by atoms with Crippen molar-refractivity contribution in [3.05, 3.63) is 95.6 Å². The van der Waals surface area contributed by atoms with Gasteiger partial charge in [0.25, 0.3) is 5.91 Å². The van der Waals surface area contributed by atoms with Crippen molar-refractivity contribution in [3.63, 3.8) is 0 Å². The van der Waals surface area contributed by atoms with Crippen molar-refractivity contribution in [2.45, 2.75) is 43.7 Å². The maximum absolute atomic E-state index is 13.2. The lowest BCUT2D eigenvalue weighted by molar-refractivity contribution is -0.118. The minimum atomic E-state index is -3.73. The van der Waals surface area contributed by atoms with E-state index in [-0.39, 0.29) is 22.4 Å². The summed E-state index contributed by atoms with van der Waals surface area (Å²) in [6, 6.07) is 19.3. The summed E-state index contributed by atoms with van der Waals surface area (Å²) in [4.78, 5) is 37.1. The maximum atomic E-state index is 13.2. The van der Waals surface area contributed by atoms with Crippen LogP contribution < -0.4 is 15.4 Å². The van der Waals surface area contributed by atoms with Crippen molar-refractivity contribution < 1.29 is 27.9 Å². The van der Waals surface area contributed by atoms with E-state index in [0.29, 0.717) is 5.69 Å². The highest BCUT2D eigenvalue weighted by molar-refractivity contribution is 7.89. The number of anilines is 1. The summed E-state index contributed by atoms with van der Waals surface area (Å²) in [5.74, 6) is -2.15. The molecule has 0 heterocycles. The Hall–Kier alpha value is -4.02. The van der Waals surface area contributed by atoms with Crippen LogP contribution in [0.25, 0.3) is 0 Å². The Morgan fingerprint density at radius 3 is 1.95 bits per heavy atom. The Labute approximate surface area is 216 Å². The summed E-state index contributed by atoms with van der Waals surface area (Å²) < 4.78 is 27.6. The monoisotopic (exact) mass is 523 g/mol. The van der Waals surface area contributed by atoms with E-state index in [0.717, 1.165) is 5.56 Å². The van der Waals surface area contributed by atoms with Crippen molar-refractivity contribution in [1.82, 2.24) is 10.0 Å². The number of hydrogen-bond donors (Lipinski definition) is 4. The molecule has 194 valence electrons. The molecule has 9 nitrogen and oxygen atoms in total. The Morgan fingerprint density at radius 1 is 0.838 bits per heavy atom. The van der Waals surface area contributed by atoms with E-state index in [4.69, 9.17) is 5.11 Å². The molecule has 0 saturated heterocycles. The number of benzene rings is 3. The van der Waals surface area contributed by atoms with Gasteiger partial charge in [-0.25, -0.2) is 17.9 Å². The molecule has 10 heteroatoms. The van der Waals surface area contributed by atoms with Gasteiger partial charge in [0.15, 0.2) is 0 Å². The normalized spacial score (nSPS) is 12.4. The number of carbonyl (C=O) groups is 3. The van der Waals surface area contributed by atoms with Crippen molar-refractivity contribution >= 4 is 33.5 Å². The molecule has 3 rings (SSSR count). The highest BCUT2D eigenvalue weighted by atomic mass is 32.2. The molecule has 1 atom stereocenters. The minimum absolute atomic E-state index is 0.0401. The molecule has 0 aromatic heterocycles. The van der Waals surface area contributed by atoms with Crippen LogP contribution in [0.15, 0.2) is 83.8 Å². The largest absolute Gasteiger partial charge is 0.478 e. The number of carboxylic acid groups (broad SMARTS) is 1. The average Bonchev–Trinajstić information content (AvgIpc) is 2.83. The van der Waals surface area contributed by atoms with Crippen LogP contribution in [-0.4, -0.2) is 42.9 Å².